The van der Waals surface area contributed by atoms with Gasteiger partial charge in [0.15, 0.2) is 5.65 Å². The van der Waals surface area contributed by atoms with E-state index in [1.165, 1.54) is 17.8 Å². The van der Waals surface area contributed by atoms with Crippen LogP contribution in [0.4, 0.5) is 5.82 Å². The summed E-state index contributed by atoms with van der Waals surface area (Å²) < 4.78 is 3.01. The zero-order valence-electron chi connectivity index (χ0n) is 22.2. The number of anilines is 1. The minimum atomic E-state index is -0.304. The Morgan fingerprint density at radius 2 is 1.97 bits per heavy atom. The molecule has 8 nitrogen and oxygen atoms in total. The lowest BCUT2D eigenvalue weighted by molar-refractivity contribution is 0.0951. The number of rotatable bonds is 9. The Kier molecular flexibility index (Phi) is 7.46. The van der Waals surface area contributed by atoms with Crippen molar-refractivity contribution in [1.82, 2.24) is 24.5 Å². The number of fused-ring (bicyclic) bond motifs is 5. The van der Waals surface area contributed by atoms with Gasteiger partial charge in [0, 0.05) is 26.2 Å². The van der Waals surface area contributed by atoms with Crippen LogP contribution in [0.3, 0.4) is 0 Å². The quantitative estimate of drug-likeness (QED) is 0.363. The summed E-state index contributed by atoms with van der Waals surface area (Å²) in [7, 11) is 8.30. The van der Waals surface area contributed by atoms with Crippen molar-refractivity contribution in [2.24, 2.45) is 0 Å². The summed E-state index contributed by atoms with van der Waals surface area (Å²) in [6, 6.07) is 12.2. The molecule has 3 aromatic heterocycles. The summed E-state index contributed by atoms with van der Waals surface area (Å²) in [4.78, 5) is 39.4. The van der Waals surface area contributed by atoms with Crippen molar-refractivity contribution in [3.63, 3.8) is 0 Å². The van der Waals surface area contributed by atoms with Crippen LogP contribution in [-0.4, -0.2) is 85.5 Å². The molecule has 0 bridgehead atoms. The Balaban J connectivity index is 1.54. The van der Waals surface area contributed by atoms with Crippen LogP contribution < -0.4 is 15.6 Å². The van der Waals surface area contributed by atoms with E-state index < -0.39 is 0 Å². The number of thiazole rings is 1. The Labute approximate surface area is 221 Å². The number of benzene rings is 1. The van der Waals surface area contributed by atoms with E-state index in [1.807, 2.05) is 47.8 Å². The highest BCUT2D eigenvalue weighted by Gasteiger charge is 2.24. The molecule has 196 valence electrons. The lowest BCUT2D eigenvalue weighted by Crippen LogP contribution is -2.34. The van der Waals surface area contributed by atoms with E-state index in [0.29, 0.717) is 28.5 Å². The number of nitrogens with zero attached hydrogens (tertiary/aromatic N) is 5. The lowest BCUT2D eigenvalue weighted by atomic mass is 10.1. The molecule has 1 N–H and O–H groups in total. The highest BCUT2D eigenvalue weighted by molar-refractivity contribution is 7.24. The van der Waals surface area contributed by atoms with Gasteiger partial charge in [-0.25, -0.2) is 4.98 Å². The third-order valence-corrected chi connectivity index (χ3v) is 8.57. The molecule has 1 saturated heterocycles. The molecule has 0 spiro atoms. The molecule has 4 heterocycles. The second-order valence-corrected chi connectivity index (χ2v) is 11.4. The third kappa shape index (κ3) is 5.08. The first-order chi connectivity index (χ1) is 17.8. The molecule has 37 heavy (non-hydrogen) atoms. The number of likely N-dealkylation sites (tertiary alicyclic amines) is 1. The van der Waals surface area contributed by atoms with E-state index in [9.17, 15) is 9.59 Å². The molecule has 1 amide bonds. The van der Waals surface area contributed by atoms with E-state index in [1.54, 1.807) is 0 Å². The number of carbonyl (C=O) groups excluding carboxylic acids is 1. The lowest BCUT2D eigenvalue weighted by Gasteiger charge is -2.20. The van der Waals surface area contributed by atoms with Gasteiger partial charge < -0.3 is 20.0 Å². The average Bonchev–Trinajstić information content (AvgIpc) is 3.46. The second-order valence-electron chi connectivity index (χ2n) is 10.4. The first-order valence-corrected chi connectivity index (χ1v) is 13.9. The van der Waals surface area contributed by atoms with Gasteiger partial charge in [-0.1, -0.05) is 12.1 Å². The first kappa shape index (κ1) is 25.6. The van der Waals surface area contributed by atoms with Gasteiger partial charge in [0.2, 0.25) is 5.43 Å². The molecular weight excluding hydrogens is 484 g/mol. The number of hydrogen-bond donors (Lipinski definition) is 1. The van der Waals surface area contributed by atoms with Gasteiger partial charge in [0.1, 0.15) is 16.2 Å². The van der Waals surface area contributed by atoms with Crippen LogP contribution in [0.15, 0.2) is 41.2 Å². The average molecular weight is 521 g/mol. The summed E-state index contributed by atoms with van der Waals surface area (Å²) >= 11 is 1.47. The largest absolute Gasteiger partial charge is 0.360 e. The van der Waals surface area contributed by atoms with Gasteiger partial charge in [-0.2, -0.15) is 0 Å². The van der Waals surface area contributed by atoms with Crippen LogP contribution in [0, 0.1) is 0 Å². The summed E-state index contributed by atoms with van der Waals surface area (Å²) in [6.45, 7) is 3.51. The number of carbonyl (C=O) groups is 1. The zero-order valence-corrected chi connectivity index (χ0v) is 23.0. The standard InChI is InChI=1S/C28H36N6O2S/c1-31(2)16-8-18-33(4)23-13-12-20-25(35)24(27(36)29-15-14-19-9-7-17-32(19)3)28-34(26(20)30-23)21-10-5-6-11-22(21)37-28/h5-6,10-13,19H,7-9,14-18H2,1-4H3,(H,29,36). The van der Waals surface area contributed by atoms with Crippen molar-refractivity contribution in [3.8, 4) is 0 Å². The Morgan fingerprint density at radius 1 is 1.16 bits per heavy atom. The minimum absolute atomic E-state index is 0.211. The van der Waals surface area contributed by atoms with Crippen LogP contribution in [-0.2, 0) is 0 Å². The van der Waals surface area contributed by atoms with E-state index in [2.05, 4.69) is 41.2 Å². The second kappa shape index (κ2) is 10.8. The molecular formula is C28H36N6O2S. The summed E-state index contributed by atoms with van der Waals surface area (Å²) in [5, 5.41) is 3.51. The Morgan fingerprint density at radius 3 is 2.73 bits per heavy atom. The molecule has 1 aliphatic heterocycles. The summed E-state index contributed by atoms with van der Waals surface area (Å²) in [6.07, 6.45) is 4.25. The van der Waals surface area contributed by atoms with E-state index >= 15 is 0 Å². The normalized spacial score (nSPS) is 16.4. The van der Waals surface area contributed by atoms with Crippen LogP contribution in [0.25, 0.3) is 26.1 Å². The Bertz CT molecular complexity index is 1490. The summed E-state index contributed by atoms with van der Waals surface area (Å²) in [5.41, 5.74) is 1.50. The highest BCUT2D eigenvalue weighted by atomic mass is 32.1. The maximum atomic E-state index is 13.7. The van der Waals surface area contributed by atoms with Crippen LogP contribution >= 0.6 is 11.3 Å². The zero-order chi connectivity index (χ0) is 26.1. The molecule has 1 unspecified atom stereocenters. The predicted molar refractivity (Wildman–Crippen MR) is 153 cm³/mol. The van der Waals surface area contributed by atoms with E-state index in [0.717, 1.165) is 54.9 Å². The van der Waals surface area contributed by atoms with Gasteiger partial charge >= 0.3 is 0 Å². The van der Waals surface area contributed by atoms with Crippen LogP contribution in [0.1, 0.15) is 36.0 Å². The number of amides is 1. The van der Waals surface area contributed by atoms with Crippen LogP contribution in [0.5, 0.6) is 0 Å². The van der Waals surface area contributed by atoms with Crippen molar-refractivity contribution in [2.45, 2.75) is 31.7 Å². The number of nitrogens with one attached hydrogen (secondary N) is 1. The molecule has 1 aliphatic rings. The third-order valence-electron chi connectivity index (χ3n) is 7.43. The van der Waals surface area contributed by atoms with Gasteiger partial charge in [0.05, 0.1) is 15.6 Å². The van der Waals surface area contributed by atoms with Crippen molar-refractivity contribution in [3.05, 3.63) is 52.2 Å². The van der Waals surface area contributed by atoms with Crippen molar-refractivity contribution < 1.29 is 4.79 Å². The van der Waals surface area contributed by atoms with Crippen molar-refractivity contribution in [2.75, 3.05) is 59.3 Å². The first-order valence-electron chi connectivity index (χ1n) is 13.1. The number of pyridine rings is 2. The molecule has 1 aromatic carbocycles. The van der Waals surface area contributed by atoms with E-state index in [-0.39, 0.29) is 16.9 Å². The van der Waals surface area contributed by atoms with Gasteiger partial charge in [-0.15, -0.1) is 11.3 Å². The maximum absolute atomic E-state index is 13.7. The van der Waals surface area contributed by atoms with Crippen molar-refractivity contribution >= 4 is 49.1 Å². The minimum Gasteiger partial charge on any atom is -0.360 e. The van der Waals surface area contributed by atoms with Crippen LogP contribution in [0.2, 0.25) is 0 Å². The predicted octanol–water partition coefficient (Wildman–Crippen LogP) is 3.66. The molecule has 1 fully saturated rings. The van der Waals surface area contributed by atoms with E-state index in [4.69, 9.17) is 4.98 Å². The molecule has 4 aromatic rings. The fourth-order valence-electron chi connectivity index (χ4n) is 5.31. The SMILES string of the molecule is CN(C)CCCN(C)c1ccc2c(=O)c(C(=O)NCCC3CCCN3C)c3sc4ccccc4n3c2n1. The maximum Gasteiger partial charge on any atom is 0.258 e. The topological polar surface area (TPSA) is 73.2 Å². The molecule has 1 atom stereocenters. The van der Waals surface area contributed by atoms with Crippen molar-refractivity contribution in [1.29, 1.82) is 0 Å². The number of para-hydroxylation sites is 1. The monoisotopic (exact) mass is 520 g/mol. The molecule has 5 rings (SSSR count). The molecule has 0 saturated carbocycles. The highest BCUT2D eigenvalue weighted by Crippen LogP contribution is 2.31. The molecule has 9 heteroatoms. The Hall–Kier alpha value is -3.01. The smallest absolute Gasteiger partial charge is 0.258 e. The van der Waals surface area contributed by atoms with Gasteiger partial charge in [0.25, 0.3) is 5.91 Å². The molecule has 0 aliphatic carbocycles. The number of hydrogen-bond acceptors (Lipinski definition) is 7. The molecule has 0 radical (unpaired) electrons. The fraction of sp³-hybridized carbons (Fsp3) is 0.464. The van der Waals surface area contributed by atoms with Gasteiger partial charge in [-0.05, 0) is 84.2 Å². The number of aromatic nitrogens is 2. The summed E-state index contributed by atoms with van der Waals surface area (Å²) in [5.74, 6) is 0.508. The van der Waals surface area contributed by atoms with Gasteiger partial charge in [-0.3, -0.25) is 14.0 Å². The fourth-order valence-corrected chi connectivity index (χ4v) is 6.50.